The number of aliphatic carboxylic acids is 1. The summed E-state index contributed by atoms with van der Waals surface area (Å²) in [5.41, 5.74) is 0.210. The van der Waals surface area contributed by atoms with Gasteiger partial charge in [0, 0.05) is 18.7 Å². The topological polar surface area (TPSA) is 233 Å². The number of hydrogen-bond acceptors (Lipinski definition) is 9. The first-order valence-electron chi connectivity index (χ1n) is 15.1. The Bertz CT molecular complexity index is 1750. The van der Waals surface area contributed by atoms with E-state index in [1.54, 1.807) is 57.2 Å². The predicted octanol–water partition coefficient (Wildman–Crippen LogP) is 1.10. The van der Waals surface area contributed by atoms with Crippen molar-refractivity contribution in [1.29, 1.82) is 0 Å². The van der Waals surface area contributed by atoms with Crippen LogP contribution in [0.15, 0.2) is 57.7 Å². The van der Waals surface area contributed by atoms with E-state index in [4.69, 9.17) is 4.42 Å². The van der Waals surface area contributed by atoms with Crippen LogP contribution in [-0.4, -0.2) is 69.9 Å². The normalized spacial score (nSPS) is 13.5. The third-order valence-electron chi connectivity index (χ3n) is 7.40. The van der Waals surface area contributed by atoms with E-state index in [1.165, 1.54) is 26.0 Å². The van der Waals surface area contributed by atoms with Crippen LogP contribution in [0.4, 0.5) is 5.69 Å². The van der Waals surface area contributed by atoms with E-state index in [-0.39, 0.29) is 23.4 Å². The zero-order chi connectivity index (χ0) is 35.7. The maximum absolute atomic E-state index is 13.3. The Morgan fingerprint density at radius 2 is 1.44 bits per heavy atom. The number of fused-ring (bicyclic) bond motifs is 1. The van der Waals surface area contributed by atoms with Gasteiger partial charge in [0.2, 0.25) is 29.5 Å². The molecule has 2 aromatic carbocycles. The number of phenolic OH excluding ortho intramolecular Hbond substituents is 1. The molecule has 0 aliphatic rings. The van der Waals surface area contributed by atoms with Crippen molar-refractivity contribution in [2.24, 2.45) is 5.92 Å². The molecule has 0 unspecified atom stereocenters. The summed E-state index contributed by atoms with van der Waals surface area (Å²) in [6.07, 6.45) is -0.781. The Morgan fingerprint density at radius 3 is 2.04 bits per heavy atom. The van der Waals surface area contributed by atoms with Crippen molar-refractivity contribution in [2.45, 2.75) is 71.6 Å². The van der Waals surface area contributed by atoms with Crippen LogP contribution in [0, 0.1) is 12.8 Å². The summed E-state index contributed by atoms with van der Waals surface area (Å²) >= 11 is 0. The van der Waals surface area contributed by atoms with E-state index in [0.717, 1.165) is 0 Å². The molecule has 0 saturated carbocycles. The van der Waals surface area contributed by atoms with Crippen molar-refractivity contribution in [3.05, 3.63) is 70.1 Å². The highest BCUT2D eigenvalue weighted by Gasteiger charge is 2.32. The molecule has 3 rings (SSSR count). The Labute approximate surface area is 275 Å². The lowest BCUT2D eigenvalue weighted by molar-refractivity contribution is -0.140. The minimum absolute atomic E-state index is 0.0245. The highest BCUT2D eigenvalue weighted by Crippen LogP contribution is 2.22. The maximum Gasteiger partial charge on any atom is 0.360 e. The molecule has 15 nitrogen and oxygen atoms in total. The molecule has 0 radical (unpaired) electrons. The lowest BCUT2D eigenvalue weighted by Gasteiger charge is -2.27. The van der Waals surface area contributed by atoms with Gasteiger partial charge in [-0.15, -0.1) is 0 Å². The van der Waals surface area contributed by atoms with Gasteiger partial charge < -0.3 is 41.2 Å². The molecule has 4 atom stereocenters. The number of amides is 5. The number of phenols is 1. The van der Waals surface area contributed by atoms with Crippen molar-refractivity contribution < 1.29 is 43.4 Å². The van der Waals surface area contributed by atoms with Gasteiger partial charge in [0.15, 0.2) is 0 Å². The smallest absolute Gasteiger partial charge is 0.360 e. The van der Waals surface area contributed by atoms with Crippen molar-refractivity contribution in [2.75, 3.05) is 5.32 Å². The maximum atomic E-state index is 13.3. The highest BCUT2D eigenvalue weighted by atomic mass is 16.4. The molecule has 5 amide bonds. The zero-order valence-corrected chi connectivity index (χ0v) is 27.1. The van der Waals surface area contributed by atoms with E-state index in [0.29, 0.717) is 16.5 Å². The van der Waals surface area contributed by atoms with E-state index in [1.807, 2.05) is 0 Å². The van der Waals surface area contributed by atoms with Crippen LogP contribution in [0.5, 0.6) is 5.75 Å². The van der Waals surface area contributed by atoms with Gasteiger partial charge in [-0.05, 0) is 49.1 Å². The fraction of sp³-hybridized carbons (Fsp3) is 0.364. The first-order chi connectivity index (χ1) is 22.6. The van der Waals surface area contributed by atoms with Gasteiger partial charge in [0.1, 0.15) is 41.2 Å². The lowest BCUT2D eigenvalue weighted by atomic mass is 10.0. The van der Waals surface area contributed by atoms with Crippen LogP contribution in [0.3, 0.4) is 0 Å². The molecule has 7 N–H and O–H groups in total. The van der Waals surface area contributed by atoms with Crippen molar-refractivity contribution >= 4 is 52.2 Å². The number of hydrogen-bond donors (Lipinski definition) is 7. The number of carboxylic acids is 1. The van der Waals surface area contributed by atoms with Gasteiger partial charge in [-0.2, -0.15) is 0 Å². The molecule has 0 saturated heterocycles. The van der Waals surface area contributed by atoms with Crippen LogP contribution in [0.25, 0.3) is 11.0 Å². The summed E-state index contributed by atoms with van der Waals surface area (Å²) in [5.74, 6) is -5.69. The number of rotatable bonds is 14. The van der Waals surface area contributed by atoms with Crippen LogP contribution in [-0.2, 0) is 35.2 Å². The minimum atomic E-state index is -1.64. The predicted molar refractivity (Wildman–Crippen MR) is 174 cm³/mol. The standard InChI is InChI=1S/C33H39N5O10/c1-16(2)27(37-30(44)23(35-19(5)39)14-20-10-12-21(40)13-11-20)32(46)34-18(4)29(43)36-24(15-26(41)42)31(45)38-28-17(3)22-8-6-7-9-25(22)48-33(28)47/h6-13,16,18,23-24,27,40H,14-15H2,1-5H3,(H,34,46)(H,35,39)(H,36,43)(H,37,44)(H,38,45)(H,41,42)/t18-,23-,24-,27-/m0/s1. The third-order valence-corrected chi connectivity index (χ3v) is 7.40. The fourth-order valence-corrected chi connectivity index (χ4v) is 4.82. The number of para-hydroxylation sites is 1. The largest absolute Gasteiger partial charge is 0.508 e. The number of aromatic hydroxyl groups is 1. The Morgan fingerprint density at radius 1 is 0.792 bits per heavy atom. The molecule has 0 aliphatic heterocycles. The molecular weight excluding hydrogens is 626 g/mol. The molecular formula is C33H39N5O10. The lowest BCUT2D eigenvalue weighted by Crippen LogP contribution is -2.59. The molecule has 0 bridgehead atoms. The number of carboxylic acid groups (broad SMARTS) is 1. The van der Waals surface area contributed by atoms with Gasteiger partial charge >= 0.3 is 11.6 Å². The Kier molecular flexibility index (Phi) is 12.4. The summed E-state index contributed by atoms with van der Waals surface area (Å²) in [6.45, 7) is 7.42. The molecule has 0 fully saturated rings. The second-order valence-corrected chi connectivity index (χ2v) is 11.6. The number of carbonyl (C=O) groups excluding carboxylic acids is 5. The van der Waals surface area contributed by atoms with Gasteiger partial charge in [0.05, 0.1) is 6.42 Å². The molecule has 0 spiro atoms. The van der Waals surface area contributed by atoms with E-state index >= 15 is 0 Å². The number of aryl methyl sites for hydroxylation is 1. The quantitative estimate of drug-likeness (QED) is 0.121. The summed E-state index contributed by atoms with van der Waals surface area (Å²) < 4.78 is 5.25. The Hall–Kier alpha value is -5.73. The molecule has 1 heterocycles. The van der Waals surface area contributed by atoms with Crippen LogP contribution in [0.1, 0.15) is 45.2 Å². The SMILES string of the molecule is CC(=O)N[C@@H](Cc1ccc(O)cc1)C(=O)N[C@H](C(=O)N[C@@H](C)C(=O)N[C@@H](CC(=O)O)C(=O)Nc1c(C)c2ccccc2oc1=O)C(C)C. The minimum Gasteiger partial charge on any atom is -0.508 e. The van der Waals surface area contributed by atoms with Crippen LogP contribution < -0.4 is 32.2 Å². The number of nitrogens with one attached hydrogen (secondary N) is 5. The summed E-state index contributed by atoms with van der Waals surface area (Å²) in [5, 5.41) is 31.8. The van der Waals surface area contributed by atoms with E-state index in [9.17, 15) is 43.8 Å². The molecule has 1 aromatic heterocycles. The monoisotopic (exact) mass is 665 g/mol. The molecule has 15 heteroatoms. The van der Waals surface area contributed by atoms with Gasteiger partial charge in [-0.3, -0.25) is 28.8 Å². The average Bonchev–Trinajstić information content (AvgIpc) is 3.01. The molecule has 48 heavy (non-hydrogen) atoms. The molecule has 256 valence electrons. The molecule has 0 aliphatic carbocycles. The zero-order valence-electron chi connectivity index (χ0n) is 27.1. The van der Waals surface area contributed by atoms with Crippen molar-refractivity contribution in [3.63, 3.8) is 0 Å². The van der Waals surface area contributed by atoms with Crippen LogP contribution in [0.2, 0.25) is 0 Å². The third kappa shape index (κ3) is 9.88. The highest BCUT2D eigenvalue weighted by molar-refractivity contribution is 6.02. The molecule has 3 aromatic rings. The summed E-state index contributed by atoms with van der Waals surface area (Å²) in [7, 11) is 0. The first-order valence-corrected chi connectivity index (χ1v) is 15.1. The number of benzene rings is 2. The van der Waals surface area contributed by atoms with Gasteiger partial charge in [0.25, 0.3) is 0 Å². The van der Waals surface area contributed by atoms with Crippen molar-refractivity contribution in [3.8, 4) is 5.75 Å². The average molecular weight is 666 g/mol. The number of anilines is 1. The fourth-order valence-electron chi connectivity index (χ4n) is 4.82. The van der Waals surface area contributed by atoms with E-state index < -0.39 is 77.6 Å². The summed E-state index contributed by atoms with van der Waals surface area (Å²) in [4.78, 5) is 88.7. The summed E-state index contributed by atoms with van der Waals surface area (Å²) in [6, 6.07) is 7.50. The Balaban J connectivity index is 1.70. The van der Waals surface area contributed by atoms with E-state index in [2.05, 4.69) is 26.6 Å². The van der Waals surface area contributed by atoms with Gasteiger partial charge in [-0.25, -0.2) is 4.79 Å². The van der Waals surface area contributed by atoms with Crippen molar-refractivity contribution in [1.82, 2.24) is 21.3 Å². The second-order valence-electron chi connectivity index (χ2n) is 11.6. The van der Waals surface area contributed by atoms with Gasteiger partial charge in [-0.1, -0.05) is 44.2 Å². The first kappa shape index (κ1) is 36.7. The number of carbonyl (C=O) groups is 6. The van der Waals surface area contributed by atoms with Crippen LogP contribution >= 0.6 is 0 Å². The second kappa shape index (κ2) is 16.2.